The minimum absolute atomic E-state index is 0.486. The number of rotatable bonds is 2. The molecular formula is C10H11BrO. The fraction of sp³-hybridized carbons (Fsp3) is 0.400. The van der Waals surface area contributed by atoms with Crippen LogP contribution in [0.3, 0.4) is 0 Å². The summed E-state index contributed by atoms with van der Waals surface area (Å²) < 4.78 is 6.76. The molecule has 1 aromatic rings. The molecule has 1 saturated carbocycles. The standard InChI is InChI=1S/C10H11BrO/c1-7-2-3-9(6-10(7)11)12-8-4-5-8/h2-3,6,8H,4-5H2,1H3. The Hall–Kier alpha value is -0.500. The summed E-state index contributed by atoms with van der Waals surface area (Å²) in [6.07, 6.45) is 2.91. The van der Waals surface area contributed by atoms with Crippen molar-refractivity contribution >= 4 is 15.9 Å². The van der Waals surface area contributed by atoms with E-state index in [-0.39, 0.29) is 0 Å². The van der Waals surface area contributed by atoms with Crippen LogP contribution in [0.1, 0.15) is 18.4 Å². The average Bonchev–Trinajstić information content (AvgIpc) is 2.81. The van der Waals surface area contributed by atoms with Crippen LogP contribution in [0, 0.1) is 6.92 Å². The molecule has 64 valence electrons. The molecule has 0 aromatic heterocycles. The van der Waals surface area contributed by atoms with Gasteiger partial charge in [0, 0.05) is 4.47 Å². The molecule has 2 heteroatoms. The largest absolute Gasteiger partial charge is 0.490 e. The maximum Gasteiger partial charge on any atom is 0.120 e. The molecule has 0 bridgehead atoms. The maximum atomic E-state index is 5.63. The second-order valence-electron chi connectivity index (χ2n) is 3.23. The summed E-state index contributed by atoms with van der Waals surface area (Å²) in [5, 5.41) is 0. The van der Waals surface area contributed by atoms with E-state index < -0.39 is 0 Å². The first kappa shape index (κ1) is 8.11. The van der Waals surface area contributed by atoms with Gasteiger partial charge in [0.25, 0.3) is 0 Å². The number of aryl methyl sites for hydroxylation is 1. The number of ether oxygens (including phenoxy) is 1. The van der Waals surface area contributed by atoms with Crippen molar-refractivity contribution in [3.63, 3.8) is 0 Å². The topological polar surface area (TPSA) is 9.23 Å². The van der Waals surface area contributed by atoms with Gasteiger partial charge in [0.05, 0.1) is 6.10 Å². The van der Waals surface area contributed by atoms with Gasteiger partial charge in [-0.25, -0.2) is 0 Å². The zero-order chi connectivity index (χ0) is 8.55. The van der Waals surface area contributed by atoms with Crippen LogP contribution in [-0.2, 0) is 0 Å². The van der Waals surface area contributed by atoms with Crippen molar-refractivity contribution < 1.29 is 4.74 Å². The second-order valence-corrected chi connectivity index (χ2v) is 4.08. The van der Waals surface area contributed by atoms with Crippen molar-refractivity contribution in [1.29, 1.82) is 0 Å². The van der Waals surface area contributed by atoms with Crippen molar-refractivity contribution in [3.8, 4) is 5.75 Å². The Labute approximate surface area is 80.9 Å². The van der Waals surface area contributed by atoms with Crippen LogP contribution in [0.5, 0.6) is 5.75 Å². The third-order valence-electron chi connectivity index (χ3n) is 1.97. The molecule has 0 aliphatic heterocycles. The van der Waals surface area contributed by atoms with E-state index in [0.717, 1.165) is 10.2 Å². The van der Waals surface area contributed by atoms with Gasteiger partial charge in [0.2, 0.25) is 0 Å². The van der Waals surface area contributed by atoms with Gasteiger partial charge in [0.15, 0.2) is 0 Å². The predicted octanol–water partition coefficient (Wildman–Crippen LogP) is 3.30. The number of benzene rings is 1. The lowest BCUT2D eigenvalue weighted by Crippen LogP contribution is -1.95. The molecule has 1 aliphatic carbocycles. The molecule has 2 rings (SSSR count). The average molecular weight is 227 g/mol. The lowest BCUT2D eigenvalue weighted by Gasteiger charge is -2.05. The number of hydrogen-bond acceptors (Lipinski definition) is 1. The Kier molecular flexibility index (Phi) is 2.09. The minimum atomic E-state index is 0.486. The summed E-state index contributed by atoms with van der Waals surface area (Å²) in [5.74, 6) is 0.981. The molecule has 0 unspecified atom stereocenters. The van der Waals surface area contributed by atoms with Crippen LogP contribution in [0.2, 0.25) is 0 Å². The highest BCUT2D eigenvalue weighted by Crippen LogP contribution is 2.29. The first-order chi connectivity index (χ1) is 5.75. The Morgan fingerprint density at radius 2 is 2.17 bits per heavy atom. The SMILES string of the molecule is Cc1ccc(OC2CC2)cc1Br. The molecule has 12 heavy (non-hydrogen) atoms. The van der Waals surface area contributed by atoms with E-state index in [4.69, 9.17) is 4.74 Å². The molecule has 0 saturated heterocycles. The Morgan fingerprint density at radius 3 is 2.75 bits per heavy atom. The lowest BCUT2D eigenvalue weighted by atomic mass is 10.2. The van der Waals surface area contributed by atoms with Crippen LogP contribution >= 0.6 is 15.9 Å². The quantitative estimate of drug-likeness (QED) is 0.753. The summed E-state index contributed by atoms with van der Waals surface area (Å²) in [6.45, 7) is 2.07. The van der Waals surface area contributed by atoms with E-state index in [1.54, 1.807) is 0 Å². The summed E-state index contributed by atoms with van der Waals surface area (Å²) >= 11 is 3.48. The van der Waals surface area contributed by atoms with Crippen LogP contribution in [0.4, 0.5) is 0 Å². The Bertz CT molecular complexity index is 292. The van der Waals surface area contributed by atoms with Crippen LogP contribution in [0.25, 0.3) is 0 Å². The van der Waals surface area contributed by atoms with Gasteiger partial charge in [-0.3, -0.25) is 0 Å². The van der Waals surface area contributed by atoms with Gasteiger partial charge in [-0.15, -0.1) is 0 Å². The zero-order valence-electron chi connectivity index (χ0n) is 7.01. The molecule has 0 N–H and O–H groups in total. The fourth-order valence-electron chi connectivity index (χ4n) is 1.03. The first-order valence-electron chi connectivity index (χ1n) is 4.18. The molecule has 1 fully saturated rings. The van der Waals surface area contributed by atoms with E-state index in [1.807, 2.05) is 12.1 Å². The fourth-order valence-corrected chi connectivity index (χ4v) is 1.38. The second kappa shape index (κ2) is 3.09. The van der Waals surface area contributed by atoms with Gasteiger partial charge in [-0.2, -0.15) is 0 Å². The van der Waals surface area contributed by atoms with Gasteiger partial charge >= 0.3 is 0 Å². The summed E-state index contributed by atoms with van der Waals surface area (Å²) in [7, 11) is 0. The molecule has 0 atom stereocenters. The Balaban J connectivity index is 2.15. The van der Waals surface area contributed by atoms with Crippen molar-refractivity contribution in [2.24, 2.45) is 0 Å². The third-order valence-corrected chi connectivity index (χ3v) is 2.82. The molecule has 0 radical (unpaired) electrons. The van der Waals surface area contributed by atoms with Crippen molar-refractivity contribution in [3.05, 3.63) is 28.2 Å². The van der Waals surface area contributed by atoms with E-state index in [0.29, 0.717) is 6.10 Å². The monoisotopic (exact) mass is 226 g/mol. The van der Waals surface area contributed by atoms with Gasteiger partial charge in [-0.1, -0.05) is 22.0 Å². The smallest absolute Gasteiger partial charge is 0.120 e. The third kappa shape index (κ3) is 1.81. The highest BCUT2D eigenvalue weighted by molar-refractivity contribution is 9.10. The van der Waals surface area contributed by atoms with E-state index in [9.17, 15) is 0 Å². The van der Waals surface area contributed by atoms with E-state index >= 15 is 0 Å². The highest BCUT2D eigenvalue weighted by Gasteiger charge is 2.23. The van der Waals surface area contributed by atoms with Gasteiger partial charge < -0.3 is 4.74 Å². The normalized spacial score (nSPS) is 16.2. The molecule has 1 nitrogen and oxygen atoms in total. The maximum absolute atomic E-state index is 5.63. The molecular weight excluding hydrogens is 216 g/mol. The Morgan fingerprint density at radius 1 is 1.42 bits per heavy atom. The summed E-state index contributed by atoms with van der Waals surface area (Å²) in [4.78, 5) is 0. The first-order valence-corrected chi connectivity index (χ1v) is 4.98. The van der Waals surface area contributed by atoms with Crippen LogP contribution < -0.4 is 4.74 Å². The molecule has 0 spiro atoms. The number of hydrogen-bond donors (Lipinski definition) is 0. The van der Waals surface area contributed by atoms with E-state index in [1.165, 1.54) is 18.4 Å². The van der Waals surface area contributed by atoms with Gasteiger partial charge in [0.1, 0.15) is 5.75 Å². The lowest BCUT2D eigenvalue weighted by molar-refractivity contribution is 0.303. The highest BCUT2D eigenvalue weighted by atomic mass is 79.9. The van der Waals surface area contributed by atoms with Crippen molar-refractivity contribution in [2.75, 3.05) is 0 Å². The molecule has 0 amide bonds. The van der Waals surface area contributed by atoms with E-state index in [2.05, 4.69) is 28.9 Å². The van der Waals surface area contributed by atoms with Crippen LogP contribution in [-0.4, -0.2) is 6.10 Å². The minimum Gasteiger partial charge on any atom is -0.490 e. The van der Waals surface area contributed by atoms with Crippen molar-refractivity contribution in [1.82, 2.24) is 0 Å². The zero-order valence-corrected chi connectivity index (χ0v) is 8.60. The predicted molar refractivity (Wildman–Crippen MR) is 52.5 cm³/mol. The summed E-state index contributed by atoms with van der Waals surface area (Å²) in [6, 6.07) is 6.13. The van der Waals surface area contributed by atoms with Gasteiger partial charge in [-0.05, 0) is 37.5 Å². The number of halogens is 1. The molecule has 1 aliphatic rings. The molecule has 1 aromatic carbocycles. The van der Waals surface area contributed by atoms with Crippen LogP contribution in [0.15, 0.2) is 22.7 Å². The summed E-state index contributed by atoms with van der Waals surface area (Å²) in [5.41, 5.74) is 1.25. The van der Waals surface area contributed by atoms with Crippen molar-refractivity contribution in [2.45, 2.75) is 25.9 Å². The molecule has 0 heterocycles.